The molecule has 0 unspecified atom stereocenters. The van der Waals surface area contributed by atoms with Gasteiger partial charge in [-0.15, -0.1) is 0 Å². The van der Waals surface area contributed by atoms with Crippen LogP contribution in [-0.4, -0.2) is 30.6 Å². The highest BCUT2D eigenvalue weighted by Gasteiger charge is 2.22. The van der Waals surface area contributed by atoms with Gasteiger partial charge in [0.05, 0.1) is 5.56 Å². The summed E-state index contributed by atoms with van der Waals surface area (Å²) in [6, 6.07) is 0.416. The maximum absolute atomic E-state index is 13.4. The number of phenols is 1. The SMILES string of the molecule is CCCNCCNC(=O)c1cc(F)c(F)c(O)c1F. The third-order valence-electron chi connectivity index (χ3n) is 2.39. The highest BCUT2D eigenvalue weighted by atomic mass is 19.2. The fraction of sp³-hybridized carbons (Fsp3) is 0.417. The lowest BCUT2D eigenvalue weighted by atomic mass is 10.1. The Labute approximate surface area is 108 Å². The number of halogens is 3. The smallest absolute Gasteiger partial charge is 0.254 e. The molecule has 0 fully saturated rings. The van der Waals surface area contributed by atoms with E-state index in [0.717, 1.165) is 13.0 Å². The van der Waals surface area contributed by atoms with E-state index in [-0.39, 0.29) is 6.54 Å². The van der Waals surface area contributed by atoms with Gasteiger partial charge in [-0.3, -0.25) is 4.79 Å². The molecule has 19 heavy (non-hydrogen) atoms. The maximum atomic E-state index is 13.4. The summed E-state index contributed by atoms with van der Waals surface area (Å²) < 4.78 is 39.2. The Kier molecular flexibility index (Phi) is 5.62. The molecule has 1 rings (SSSR count). The number of hydrogen-bond acceptors (Lipinski definition) is 3. The molecule has 0 aromatic heterocycles. The van der Waals surface area contributed by atoms with Gasteiger partial charge in [-0.05, 0) is 19.0 Å². The van der Waals surface area contributed by atoms with E-state index in [1.165, 1.54) is 0 Å². The van der Waals surface area contributed by atoms with Gasteiger partial charge in [-0.25, -0.2) is 8.78 Å². The molecule has 0 radical (unpaired) electrons. The first-order valence-corrected chi connectivity index (χ1v) is 5.84. The van der Waals surface area contributed by atoms with Gasteiger partial charge in [0.25, 0.3) is 5.91 Å². The van der Waals surface area contributed by atoms with Crippen LogP contribution in [0.2, 0.25) is 0 Å². The molecule has 0 heterocycles. The molecule has 0 saturated heterocycles. The van der Waals surface area contributed by atoms with E-state index in [1.807, 2.05) is 6.92 Å². The minimum atomic E-state index is -1.71. The number of aromatic hydroxyl groups is 1. The minimum Gasteiger partial charge on any atom is -0.503 e. The molecule has 0 saturated carbocycles. The minimum absolute atomic E-state index is 0.206. The average molecular weight is 276 g/mol. The van der Waals surface area contributed by atoms with Gasteiger partial charge in [-0.2, -0.15) is 4.39 Å². The molecule has 0 aliphatic carbocycles. The van der Waals surface area contributed by atoms with E-state index in [1.54, 1.807) is 0 Å². The molecule has 106 valence electrons. The fourth-order valence-corrected chi connectivity index (χ4v) is 1.42. The van der Waals surface area contributed by atoms with Crippen LogP contribution in [0, 0.1) is 17.5 Å². The van der Waals surface area contributed by atoms with E-state index in [4.69, 9.17) is 5.11 Å². The van der Waals surface area contributed by atoms with Gasteiger partial charge in [0.15, 0.2) is 17.4 Å². The molecular weight excluding hydrogens is 261 g/mol. The second kappa shape index (κ2) is 6.98. The van der Waals surface area contributed by atoms with Crippen molar-refractivity contribution in [3.05, 3.63) is 29.1 Å². The number of carbonyl (C=O) groups is 1. The third-order valence-corrected chi connectivity index (χ3v) is 2.39. The average Bonchev–Trinajstić information content (AvgIpc) is 2.40. The molecule has 4 nitrogen and oxygen atoms in total. The van der Waals surface area contributed by atoms with Crippen LogP contribution in [0.5, 0.6) is 5.75 Å². The van der Waals surface area contributed by atoms with Crippen molar-refractivity contribution in [3.8, 4) is 5.75 Å². The van der Waals surface area contributed by atoms with Crippen LogP contribution in [0.15, 0.2) is 6.07 Å². The van der Waals surface area contributed by atoms with E-state index in [2.05, 4.69) is 10.6 Å². The molecule has 1 amide bonds. The second-order valence-corrected chi connectivity index (χ2v) is 3.89. The largest absolute Gasteiger partial charge is 0.503 e. The Bertz CT molecular complexity index is 467. The first-order valence-electron chi connectivity index (χ1n) is 5.84. The Morgan fingerprint density at radius 3 is 2.53 bits per heavy atom. The van der Waals surface area contributed by atoms with Crippen molar-refractivity contribution < 1.29 is 23.1 Å². The predicted octanol–water partition coefficient (Wildman–Crippen LogP) is 1.54. The topological polar surface area (TPSA) is 61.4 Å². The van der Waals surface area contributed by atoms with Gasteiger partial charge in [0.2, 0.25) is 5.82 Å². The molecule has 0 spiro atoms. The van der Waals surface area contributed by atoms with Gasteiger partial charge in [0.1, 0.15) is 0 Å². The summed E-state index contributed by atoms with van der Waals surface area (Å²) in [5.74, 6) is -7.07. The quantitative estimate of drug-likeness (QED) is 0.545. The van der Waals surface area contributed by atoms with Crippen LogP contribution in [0.1, 0.15) is 23.7 Å². The van der Waals surface area contributed by atoms with Gasteiger partial charge in [-0.1, -0.05) is 6.92 Å². The zero-order valence-electron chi connectivity index (χ0n) is 10.4. The molecule has 0 aliphatic rings. The molecule has 3 N–H and O–H groups in total. The van der Waals surface area contributed by atoms with Crippen LogP contribution in [0.25, 0.3) is 0 Å². The molecule has 0 bridgehead atoms. The number of rotatable bonds is 6. The summed E-state index contributed by atoms with van der Waals surface area (Å²) in [5.41, 5.74) is -0.730. The number of amides is 1. The van der Waals surface area contributed by atoms with E-state index in [0.29, 0.717) is 12.6 Å². The van der Waals surface area contributed by atoms with Crippen molar-refractivity contribution in [1.82, 2.24) is 10.6 Å². The van der Waals surface area contributed by atoms with Crippen molar-refractivity contribution in [1.29, 1.82) is 0 Å². The van der Waals surface area contributed by atoms with Gasteiger partial charge in [0, 0.05) is 13.1 Å². The molecule has 7 heteroatoms. The van der Waals surface area contributed by atoms with Crippen LogP contribution in [0.3, 0.4) is 0 Å². The molecule has 0 aliphatic heterocycles. The summed E-state index contributed by atoms with van der Waals surface area (Å²) in [5, 5.41) is 14.3. The zero-order chi connectivity index (χ0) is 14.4. The van der Waals surface area contributed by atoms with Gasteiger partial charge >= 0.3 is 0 Å². The third kappa shape index (κ3) is 3.85. The number of nitrogens with one attached hydrogen (secondary N) is 2. The summed E-state index contributed by atoms with van der Waals surface area (Å²) >= 11 is 0. The van der Waals surface area contributed by atoms with Crippen molar-refractivity contribution in [3.63, 3.8) is 0 Å². The highest BCUT2D eigenvalue weighted by molar-refractivity contribution is 5.94. The zero-order valence-corrected chi connectivity index (χ0v) is 10.4. The van der Waals surface area contributed by atoms with Crippen molar-refractivity contribution >= 4 is 5.91 Å². The normalized spacial score (nSPS) is 10.5. The molecule has 0 atom stereocenters. The van der Waals surface area contributed by atoms with Crippen LogP contribution in [0.4, 0.5) is 13.2 Å². The Morgan fingerprint density at radius 1 is 1.21 bits per heavy atom. The molecule has 1 aromatic rings. The lowest BCUT2D eigenvalue weighted by molar-refractivity contribution is 0.0948. The van der Waals surface area contributed by atoms with Crippen LogP contribution in [-0.2, 0) is 0 Å². The monoisotopic (exact) mass is 276 g/mol. The van der Waals surface area contributed by atoms with Crippen molar-refractivity contribution in [2.45, 2.75) is 13.3 Å². The van der Waals surface area contributed by atoms with E-state index in [9.17, 15) is 18.0 Å². The Morgan fingerprint density at radius 2 is 1.89 bits per heavy atom. The fourth-order valence-electron chi connectivity index (χ4n) is 1.42. The number of hydrogen-bond donors (Lipinski definition) is 3. The van der Waals surface area contributed by atoms with Crippen LogP contribution < -0.4 is 10.6 Å². The van der Waals surface area contributed by atoms with Crippen molar-refractivity contribution in [2.24, 2.45) is 0 Å². The number of carbonyl (C=O) groups excluding carboxylic acids is 1. The first kappa shape index (κ1) is 15.3. The lowest BCUT2D eigenvalue weighted by Crippen LogP contribution is -2.32. The van der Waals surface area contributed by atoms with Crippen LogP contribution >= 0.6 is 0 Å². The maximum Gasteiger partial charge on any atom is 0.254 e. The summed E-state index contributed by atoms with van der Waals surface area (Å²) in [6.45, 7) is 3.43. The lowest BCUT2D eigenvalue weighted by Gasteiger charge is -2.08. The standard InChI is InChI=1S/C12H15F3N2O2/c1-2-3-16-4-5-17-12(19)7-6-8(13)10(15)11(18)9(7)14/h6,16,18H,2-5H2,1H3,(H,17,19). The number of phenolic OH excluding ortho intramolecular Hbond substituents is 1. The van der Waals surface area contributed by atoms with E-state index < -0.39 is 34.7 Å². The Hall–Kier alpha value is -1.76. The summed E-state index contributed by atoms with van der Waals surface area (Å²) in [4.78, 5) is 11.5. The first-order chi connectivity index (χ1) is 8.99. The highest BCUT2D eigenvalue weighted by Crippen LogP contribution is 2.25. The van der Waals surface area contributed by atoms with Gasteiger partial charge < -0.3 is 15.7 Å². The summed E-state index contributed by atoms with van der Waals surface area (Å²) in [6.07, 6.45) is 0.930. The second-order valence-electron chi connectivity index (χ2n) is 3.89. The van der Waals surface area contributed by atoms with Crippen molar-refractivity contribution in [2.75, 3.05) is 19.6 Å². The predicted molar refractivity (Wildman–Crippen MR) is 63.5 cm³/mol. The summed E-state index contributed by atoms with van der Waals surface area (Å²) in [7, 11) is 0. The molecular formula is C12H15F3N2O2. The van der Waals surface area contributed by atoms with E-state index >= 15 is 0 Å². The number of benzene rings is 1. The molecule has 1 aromatic carbocycles. The Balaban J connectivity index is 2.67.